The van der Waals surface area contributed by atoms with E-state index in [1.54, 1.807) is 22.9 Å². The number of ether oxygens (including phenoxy) is 2. The number of rotatable bonds is 8. The smallest absolute Gasteiger partial charge is 0.317 e. The molecule has 26 heavy (non-hydrogen) atoms. The van der Waals surface area contributed by atoms with Crippen LogP contribution in [0, 0.1) is 5.92 Å². The number of aliphatic carboxylic acids is 1. The van der Waals surface area contributed by atoms with E-state index in [2.05, 4.69) is 0 Å². The van der Waals surface area contributed by atoms with E-state index in [4.69, 9.17) is 14.6 Å². The number of carboxylic acids is 1. The first kappa shape index (κ1) is 18.7. The predicted octanol–water partition coefficient (Wildman–Crippen LogP) is 1.33. The molecule has 1 heterocycles. The van der Waals surface area contributed by atoms with Crippen LogP contribution >= 0.6 is 0 Å². The Hall–Kier alpha value is -2.12. The van der Waals surface area contributed by atoms with Crippen LogP contribution in [0.1, 0.15) is 23.2 Å². The van der Waals surface area contributed by atoms with Gasteiger partial charge in [0.25, 0.3) is 5.91 Å². The van der Waals surface area contributed by atoms with E-state index in [9.17, 15) is 9.59 Å². The van der Waals surface area contributed by atoms with Gasteiger partial charge in [0.05, 0.1) is 31.4 Å². The van der Waals surface area contributed by atoms with E-state index in [1.165, 1.54) is 12.8 Å². The Labute approximate surface area is 153 Å². The third-order valence-corrected chi connectivity index (χ3v) is 4.64. The standard InChI is InChI=1S/C19H26N2O5/c1-20(12-18(22)23)10-15-11-21(8-9-25-15)19(24)16-4-2-3-5-17(16)26-13-14-6-7-14/h2-5,14-15H,6-13H2,1H3,(H,22,23). The second-order valence-corrected chi connectivity index (χ2v) is 7.08. The van der Waals surface area contributed by atoms with Gasteiger partial charge < -0.3 is 19.5 Å². The van der Waals surface area contributed by atoms with E-state index in [-0.39, 0.29) is 18.6 Å². The van der Waals surface area contributed by atoms with Crippen molar-refractivity contribution in [2.75, 3.05) is 46.4 Å². The molecular formula is C19H26N2O5. The zero-order chi connectivity index (χ0) is 18.5. The molecule has 1 unspecified atom stereocenters. The number of hydrogen-bond acceptors (Lipinski definition) is 5. The Morgan fingerprint density at radius 1 is 1.35 bits per heavy atom. The number of para-hydroxylation sites is 1. The van der Waals surface area contributed by atoms with Gasteiger partial charge in [-0.3, -0.25) is 14.5 Å². The molecule has 1 saturated carbocycles. The molecule has 0 spiro atoms. The second-order valence-electron chi connectivity index (χ2n) is 7.08. The monoisotopic (exact) mass is 362 g/mol. The van der Waals surface area contributed by atoms with Gasteiger partial charge in [-0.15, -0.1) is 0 Å². The van der Waals surface area contributed by atoms with Gasteiger partial charge in [-0.05, 0) is 37.9 Å². The van der Waals surface area contributed by atoms with Gasteiger partial charge in [-0.2, -0.15) is 0 Å². The van der Waals surface area contributed by atoms with Crippen molar-refractivity contribution in [2.24, 2.45) is 5.92 Å². The average Bonchev–Trinajstić information content (AvgIpc) is 3.43. The van der Waals surface area contributed by atoms with E-state index < -0.39 is 5.97 Å². The lowest BCUT2D eigenvalue weighted by Crippen LogP contribution is -2.49. The summed E-state index contributed by atoms with van der Waals surface area (Å²) in [6.07, 6.45) is 2.20. The summed E-state index contributed by atoms with van der Waals surface area (Å²) in [5.41, 5.74) is 0.577. The van der Waals surface area contributed by atoms with Gasteiger partial charge in [-0.1, -0.05) is 12.1 Å². The van der Waals surface area contributed by atoms with Crippen molar-refractivity contribution in [1.82, 2.24) is 9.80 Å². The molecule has 0 aromatic heterocycles. The van der Waals surface area contributed by atoms with Crippen LogP contribution in [0.15, 0.2) is 24.3 Å². The SMILES string of the molecule is CN(CC(=O)O)CC1CN(C(=O)c2ccccc2OCC2CC2)CCO1. The molecule has 1 aliphatic heterocycles. The Morgan fingerprint density at radius 3 is 2.85 bits per heavy atom. The maximum atomic E-state index is 13.0. The van der Waals surface area contributed by atoms with Crippen LogP contribution in [0.3, 0.4) is 0 Å². The van der Waals surface area contributed by atoms with Crippen molar-refractivity contribution in [1.29, 1.82) is 0 Å². The average molecular weight is 362 g/mol. The summed E-state index contributed by atoms with van der Waals surface area (Å²) in [4.78, 5) is 27.2. The molecule has 0 bridgehead atoms. The lowest BCUT2D eigenvalue weighted by Gasteiger charge is -2.34. The Balaban J connectivity index is 1.61. The minimum absolute atomic E-state index is 0.0500. The molecular weight excluding hydrogens is 336 g/mol. The fraction of sp³-hybridized carbons (Fsp3) is 0.579. The largest absolute Gasteiger partial charge is 0.492 e. The van der Waals surface area contributed by atoms with E-state index in [0.717, 1.165) is 0 Å². The van der Waals surface area contributed by atoms with Crippen LogP contribution in [0.2, 0.25) is 0 Å². The van der Waals surface area contributed by atoms with Gasteiger partial charge >= 0.3 is 5.97 Å². The molecule has 142 valence electrons. The van der Waals surface area contributed by atoms with Crippen LogP contribution in [-0.2, 0) is 9.53 Å². The number of carbonyl (C=O) groups is 2. The molecule has 1 saturated heterocycles. The van der Waals surface area contributed by atoms with Gasteiger partial charge in [-0.25, -0.2) is 0 Å². The molecule has 7 nitrogen and oxygen atoms in total. The van der Waals surface area contributed by atoms with Crippen LogP contribution in [0.5, 0.6) is 5.75 Å². The topological polar surface area (TPSA) is 79.3 Å². The Morgan fingerprint density at radius 2 is 2.12 bits per heavy atom. The number of carboxylic acid groups (broad SMARTS) is 1. The van der Waals surface area contributed by atoms with Gasteiger partial charge in [0, 0.05) is 19.6 Å². The van der Waals surface area contributed by atoms with Crippen LogP contribution in [0.25, 0.3) is 0 Å². The van der Waals surface area contributed by atoms with E-state index >= 15 is 0 Å². The molecule has 1 atom stereocenters. The molecule has 1 N–H and O–H groups in total. The molecule has 2 fully saturated rings. The zero-order valence-electron chi connectivity index (χ0n) is 15.1. The number of amides is 1. The minimum Gasteiger partial charge on any atom is -0.492 e. The first-order chi connectivity index (χ1) is 12.5. The predicted molar refractivity (Wildman–Crippen MR) is 95.4 cm³/mol. The summed E-state index contributed by atoms with van der Waals surface area (Å²) in [5.74, 6) is 0.315. The highest BCUT2D eigenvalue weighted by atomic mass is 16.5. The van der Waals surface area contributed by atoms with Crippen LogP contribution in [-0.4, -0.2) is 79.3 Å². The molecule has 2 aliphatic rings. The fourth-order valence-corrected chi connectivity index (χ4v) is 3.09. The van der Waals surface area contributed by atoms with Crippen LogP contribution in [0.4, 0.5) is 0 Å². The summed E-state index contributed by atoms with van der Waals surface area (Å²) in [6, 6.07) is 7.36. The third kappa shape index (κ3) is 5.19. The Bertz CT molecular complexity index is 647. The van der Waals surface area contributed by atoms with E-state index in [0.29, 0.717) is 50.1 Å². The summed E-state index contributed by atoms with van der Waals surface area (Å²) in [5, 5.41) is 8.87. The second kappa shape index (κ2) is 8.51. The van der Waals surface area contributed by atoms with Crippen LogP contribution < -0.4 is 4.74 Å². The summed E-state index contributed by atoms with van der Waals surface area (Å²) in [7, 11) is 1.74. The number of likely N-dealkylation sites (N-methyl/N-ethyl adjacent to an activating group) is 1. The van der Waals surface area contributed by atoms with E-state index in [1.807, 2.05) is 18.2 Å². The number of benzene rings is 1. The lowest BCUT2D eigenvalue weighted by atomic mass is 10.1. The summed E-state index contributed by atoms with van der Waals surface area (Å²) < 4.78 is 11.6. The first-order valence-corrected chi connectivity index (χ1v) is 9.06. The maximum absolute atomic E-state index is 13.0. The molecule has 3 rings (SSSR count). The minimum atomic E-state index is -0.877. The summed E-state index contributed by atoms with van der Waals surface area (Å²) in [6.45, 7) is 2.49. The lowest BCUT2D eigenvalue weighted by molar-refractivity contribution is -0.138. The quantitative estimate of drug-likeness (QED) is 0.752. The zero-order valence-corrected chi connectivity index (χ0v) is 15.1. The fourth-order valence-electron chi connectivity index (χ4n) is 3.09. The molecule has 1 amide bonds. The molecule has 1 aliphatic carbocycles. The van der Waals surface area contributed by atoms with Crippen molar-refractivity contribution < 1.29 is 24.2 Å². The normalized spacial score (nSPS) is 20.2. The highest BCUT2D eigenvalue weighted by Crippen LogP contribution is 2.30. The molecule has 1 aromatic rings. The van der Waals surface area contributed by atoms with Crippen molar-refractivity contribution in [2.45, 2.75) is 18.9 Å². The maximum Gasteiger partial charge on any atom is 0.317 e. The molecule has 0 radical (unpaired) electrons. The number of morpholine rings is 1. The molecule has 7 heteroatoms. The van der Waals surface area contributed by atoms with Crippen molar-refractivity contribution in [3.05, 3.63) is 29.8 Å². The third-order valence-electron chi connectivity index (χ3n) is 4.64. The first-order valence-electron chi connectivity index (χ1n) is 9.06. The van der Waals surface area contributed by atoms with Gasteiger partial charge in [0.1, 0.15) is 5.75 Å². The van der Waals surface area contributed by atoms with Gasteiger partial charge in [0.15, 0.2) is 0 Å². The highest BCUT2D eigenvalue weighted by Gasteiger charge is 2.28. The number of hydrogen-bond donors (Lipinski definition) is 1. The van der Waals surface area contributed by atoms with Crippen molar-refractivity contribution in [3.63, 3.8) is 0 Å². The number of nitrogens with zero attached hydrogens (tertiary/aromatic N) is 2. The summed E-state index contributed by atoms with van der Waals surface area (Å²) >= 11 is 0. The van der Waals surface area contributed by atoms with Gasteiger partial charge in [0.2, 0.25) is 0 Å². The molecule has 1 aromatic carbocycles. The highest BCUT2D eigenvalue weighted by molar-refractivity contribution is 5.97. The Kier molecular flexibility index (Phi) is 6.11. The van der Waals surface area contributed by atoms with Crippen molar-refractivity contribution in [3.8, 4) is 5.75 Å². The van der Waals surface area contributed by atoms with Crippen molar-refractivity contribution >= 4 is 11.9 Å². The number of carbonyl (C=O) groups excluding carboxylic acids is 1.